The smallest absolute Gasteiger partial charge is 0.214 e. The van der Waals surface area contributed by atoms with Gasteiger partial charge in [0.1, 0.15) is 0 Å². The predicted octanol–water partition coefficient (Wildman–Crippen LogP) is 2.38. The summed E-state index contributed by atoms with van der Waals surface area (Å²) in [5.74, 6) is 0.892. The van der Waals surface area contributed by atoms with Crippen LogP contribution in [0.2, 0.25) is 0 Å². The Morgan fingerprint density at radius 2 is 2.13 bits per heavy atom. The SMILES string of the molecule is CCc1n[nH]c(=S)n1Nc1ccccc1. The van der Waals surface area contributed by atoms with E-state index >= 15 is 0 Å². The summed E-state index contributed by atoms with van der Waals surface area (Å²) in [4.78, 5) is 0. The second kappa shape index (κ2) is 4.27. The molecule has 1 aromatic heterocycles. The van der Waals surface area contributed by atoms with Gasteiger partial charge in [-0.25, -0.2) is 4.68 Å². The van der Waals surface area contributed by atoms with E-state index in [1.54, 1.807) is 4.68 Å². The maximum atomic E-state index is 5.12. The minimum atomic E-state index is 0.579. The van der Waals surface area contributed by atoms with Crippen molar-refractivity contribution in [3.63, 3.8) is 0 Å². The summed E-state index contributed by atoms with van der Waals surface area (Å²) in [6.07, 6.45) is 0.826. The Morgan fingerprint density at radius 1 is 1.40 bits per heavy atom. The number of benzene rings is 1. The molecule has 0 amide bonds. The molecule has 15 heavy (non-hydrogen) atoms. The molecule has 0 saturated carbocycles. The van der Waals surface area contributed by atoms with Crippen LogP contribution in [0.4, 0.5) is 5.69 Å². The van der Waals surface area contributed by atoms with Crippen molar-refractivity contribution in [2.45, 2.75) is 13.3 Å². The quantitative estimate of drug-likeness (QED) is 0.781. The van der Waals surface area contributed by atoms with Crippen molar-refractivity contribution >= 4 is 17.9 Å². The summed E-state index contributed by atoms with van der Waals surface area (Å²) in [6.45, 7) is 2.04. The second-order valence-corrected chi connectivity index (χ2v) is 3.50. The van der Waals surface area contributed by atoms with Gasteiger partial charge >= 0.3 is 0 Å². The highest BCUT2D eigenvalue weighted by molar-refractivity contribution is 7.71. The van der Waals surface area contributed by atoms with Gasteiger partial charge in [-0.3, -0.25) is 10.5 Å². The number of H-pyrrole nitrogens is 1. The molecule has 0 aliphatic rings. The Morgan fingerprint density at radius 3 is 2.80 bits per heavy atom. The average Bonchev–Trinajstić information content (AvgIpc) is 2.62. The molecule has 78 valence electrons. The lowest BCUT2D eigenvalue weighted by Crippen LogP contribution is -2.12. The number of aromatic amines is 1. The fourth-order valence-corrected chi connectivity index (χ4v) is 1.52. The molecule has 0 spiro atoms. The first-order valence-electron chi connectivity index (χ1n) is 4.79. The van der Waals surface area contributed by atoms with E-state index in [1.165, 1.54) is 0 Å². The molecule has 0 fully saturated rings. The number of nitrogens with zero attached hydrogens (tertiary/aromatic N) is 2. The van der Waals surface area contributed by atoms with Crippen molar-refractivity contribution in [3.8, 4) is 0 Å². The molecule has 5 heteroatoms. The topological polar surface area (TPSA) is 45.6 Å². The molecule has 1 aromatic carbocycles. The second-order valence-electron chi connectivity index (χ2n) is 3.11. The molecule has 2 aromatic rings. The maximum absolute atomic E-state index is 5.12. The van der Waals surface area contributed by atoms with Crippen LogP contribution in [0.5, 0.6) is 0 Å². The van der Waals surface area contributed by atoms with Crippen molar-refractivity contribution in [1.82, 2.24) is 14.9 Å². The molecule has 0 aliphatic heterocycles. The normalized spacial score (nSPS) is 10.2. The van der Waals surface area contributed by atoms with Crippen LogP contribution in [0, 0.1) is 4.77 Å². The molecule has 0 unspecified atom stereocenters. The van der Waals surface area contributed by atoms with E-state index in [4.69, 9.17) is 12.2 Å². The molecule has 2 N–H and O–H groups in total. The van der Waals surface area contributed by atoms with Crippen molar-refractivity contribution in [2.75, 3.05) is 5.43 Å². The van der Waals surface area contributed by atoms with Crippen LogP contribution in [0.15, 0.2) is 30.3 Å². The van der Waals surface area contributed by atoms with Crippen molar-refractivity contribution in [2.24, 2.45) is 0 Å². The Balaban J connectivity index is 2.32. The van der Waals surface area contributed by atoms with Crippen molar-refractivity contribution < 1.29 is 0 Å². The fourth-order valence-electron chi connectivity index (χ4n) is 1.32. The zero-order chi connectivity index (χ0) is 10.7. The first kappa shape index (κ1) is 9.92. The van der Waals surface area contributed by atoms with E-state index in [0.29, 0.717) is 4.77 Å². The number of rotatable bonds is 3. The largest absolute Gasteiger partial charge is 0.291 e. The summed E-state index contributed by atoms with van der Waals surface area (Å²) in [5.41, 5.74) is 4.18. The monoisotopic (exact) mass is 220 g/mol. The highest BCUT2D eigenvalue weighted by Crippen LogP contribution is 2.07. The van der Waals surface area contributed by atoms with Gasteiger partial charge in [0.15, 0.2) is 5.82 Å². The van der Waals surface area contributed by atoms with E-state index < -0.39 is 0 Å². The van der Waals surface area contributed by atoms with Gasteiger partial charge in [0, 0.05) is 6.42 Å². The van der Waals surface area contributed by atoms with E-state index in [-0.39, 0.29) is 0 Å². The van der Waals surface area contributed by atoms with Crippen LogP contribution >= 0.6 is 12.2 Å². The summed E-state index contributed by atoms with van der Waals surface area (Å²) < 4.78 is 2.36. The number of nitrogens with one attached hydrogen (secondary N) is 2. The summed E-state index contributed by atoms with van der Waals surface area (Å²) >= 11 is 5.12. The van der Waals surface area contributed by atoms with Crippen molar-refractivity contribution in [1.29, 1.82) is 0 Å². The lowest BCUT2D eigenvalue weighted by atomic mass is 10.3. The molecule has 4 nitrogen and oxygen atoms in total. The van der Waals surface area contributed by atoms with Gasteiger partial charge in [0.25, 0.3) is 0 Å². The number of aryl methyl sites for hydroxylation is 1. The Bertz CT molecular complexity index is 486. The zero-order valence-corrected chi connectivity index (χ0v) is 9.21. The molecule has 0 radical (unpaired) electrons. The van der Waals surface area contributed by atoms with E-state index in [2.05, 4.69) is 15.6 Å². The van der Waals surface area contributed by atoms with Crippen LogP contribution in [-0.2, 0) is 6.42 Å². The number of aromatic nitrogens is 3. The van der Waals surface area contributed by atoms with Gasteiger partial charge in [-0.2, -0.15) is 5.10 Å². The fraction of sp³-hybridized carbons (Fsp3) is 0.200. The van der Waals surface area contributed by atoms with E-state index in [9.17, 15) is 0 Å². The zero-order valence-electron chi connectivity index (χ0n) is 8.40. The van der Waals surface area contributed by atoms with E-state index in [1.807, 2.05) is 37.3 Å². The molecule has 2 rings (SSSR count). The first-order valence-corrected chi connectivity index (χ1v) is 5.20. The minimum Gasteiger partial charge on any atom is -0.291 e. The minimum absolute atomic E-state index is 0.579. The van der Waals surface area contributed by atoms with Gasteiger partial charge in [-0.1, -0.05) is 25.1 Å². The van der Waals surface area contributed by atoms with Crippen LogP contribution in [0.25, 0.3) is 0 Å². The van der Waals surface area contributed by atoms with Gasteiger partial charge < -0.3 is 0 Å². The number of hydrogen-bond donors (Lipinski definition) is 2. The summed E-state index contributed by atoms with van der Waals surface area (Å²) in [5, 5.41) is 6.88. The predicted molar refractivity (Wildman–Crippen MR) is 62.3 cm³/mol. The molecule has 0 aliphatic carbocycles. The molecular formula is C10H12N4S. The van der Waals surface area contributed by atoms with Crippen LogP contribution in [0.3, 0.4) is 0 Å². The average molecular weight is 220 g/mol. The highest BCUT2D eigenvalue weighted by atomic mass is 32.1. The Kier molecular flexibility index (Phi) is 2.82. The van der Waals surface area contributed by atoms with Gasteiger partial charge in [-0.05, 0) is 24.4 Å². The molecule has 0 bridgehead atoms. The first-order chi connectivity index (χ1) is 7.31. The third kappa shape index (κ3) is 2.07. The highest BCUT2D eigenvalue weighted by Gasteiger charge is 2.02. The lowest BCUT2D eigenvalue weighted by Gasteiger charge is -2.08. The third-order valence-electron chi connectivity index (χ3n) is 2.07. The van der Waals surface area contributed by atoms with Gasteiger partial charge in [-0.15, -0.1) is 0 Å². The molecule has 1 heterocycles. The lowest BCUT2D eigenvalue weighted by molar-refractivity contribution is 0.828. The standard InChI is InChI=1S/C10H12N4S/c1-2-9-11-12-10(15)14(9)13-8-6-4-3-5-7-8/h3-7,13H,2H2,1H3,(H,12,15). The molecule has 0 saturated heterocycles. The number of anilines is 1. The van der Waals surface area contributed by atoms with Crippen LogP contribution in [-0.4, -0.2) is 14.9 Å². The van der Waals surface area contributed by atoms with Crippen LogP contribution in [0.1, 0.15) is 12.7 Å². The number of para-hydroxylation sites is 1. The van der Waals surface area contributed by atoms with Gasteiger partial charge in [0.2, 0.25) is 4.77 Å². The van der Waals surface area contributed by atoms with Gasteiger partial charge in [0.05, 0.1) is 5.69 Å². The van der Waals surface area contributed by atoms with Crippen molar-refractivity contribution in [3.05, 3.63) is 40.9 Å². The molecular weight excluding hydrogens is 208 g/mol. The summed E-state index contributed by atoms with van der Waals surface area (Å²) in [6, 6.07) is 9.87. The Labute approximate surface area is 92.9 Å². The molecule has 0 atom stereocenters. The summed E-state index contributed by atoms with van der Waals surface area (Å²) in [7, 11) is 0. The Hall–Kier alpha value is -1.62. The third-order valence-corrected chi connectivity index (χ3v) is 2.35. The van der Waals surface area contributed by atoms with Crippen LogP contribution < -0.4 is 5.43 Å². The number of hydrogen-bond acceptors (Lipinski definition) is 3. The van der Waals surface area contributed by atoms with E-state index in [0.717, 1.165) is 17.9 Å². The maximum Gasteiger partial charge on any atom is 0.214 e.